The van der Waals surface area contributed by atoms with E-state index in [4.69, 9.17) is 21.1 Å². The zero-order chi connectivity index (χ0) is 24.6. The van der Waals surface area contributed by atoms with Crippen LogP contribution in [0.5, 0.6) is 0 Å². The standard InChI is InChI=1S/C19H30N4O9/c1-3-9(2)15(22-16(28)10(20)7-13(24)25)18(30)23-6-4-5-12(23)17(29)21-11(19(31)32)8-14(26)27/h9-12,15H,3-8,20H2,1-2H3,(H,21,29)(H,22,28)(H,24,25)(H,26,27)(H,31,32). The van der Waals surface area contributed by atoms with Gasteiger partial charge in [-0.05, 0) is 18.8 Å². The molecule has 1 aliphatic rings. The lowest BCUT2D eigenvalue weighted by Gasteiger charge is -2.32. The van der Waals surface area contributed by atoms with Gasteiger partial charge in [0.1, 0.15) is 18.1 Å². The van der Waals surface area contributed by atoms with Gasteiger partial charge in [-0.3, -0.25) is 24.0 Å². The molecule has 0 aromatic carbocycles. The van der Waals surface area contributed by atoms with Gasteiger partial charge in [-0.25, -0.2) is 4.79 Å². The van der Waals surface area contributed by atoms with Crippen molar-refractivity contribution >= 4 is 35.6 Å². The Hall–Kier alpha value is -3.22. The Morgan fingerprint density at radius 2 is 1.62 bits per heavy atom. The summed E-state index contributed by atoms with van der Waals surface area (Å²) in [6, 6.07) is -5.13. The highest BCUT2D eigenvalue weighted by molar-refractivity contribution is 5.95. The summed E-state index contributed by atoms with van der Waals surface area (Å²) in [6.45, 7) is 3.66. The minimum absolute atomic E-state index is 0.178. The average Bonchev–Trinajstić information content (AvgIpc) is 3.19. The van der Waals surface area contributed by atoms with Crippen molar-refractivity contribution in [2.45, 2.75) is 70.1 Å². The smallest absolute Gasteiger partial charge is 0.326 e. The van der Waals surface area contributed by atoms with E-state index < -0.39 is 72.6 Å². The Labute approximate surface area is 184 Å². The normalized spacial score (nSPS) is 19.3. The minimum atomic E-state index is -1.66. The lowest BCUT2D eigenvalue weighted by atomic mass is 9.96. The molecule has 1 aliphatic heterocycles. The fraction of sp³-hybridized carbons (Fsp3) is 0.684. The topological polar surface area (TPSA) is 216 Å². The number of nitrogens with two attached hydrogens (primary N) is 1. The number of nitrogens with one attached hydrogen (secondary N) is 2. The molecule has 0 aliphatic carbocycles. The maximum Gasteiger partial charge on any atom is 0.326 e. The minimum Gasteiger partial charge on any atom is -0.481 e. The lowest BCUT2D eigenvalue weighted by molar-refractivity contribution is -0.148. The van der Waals surface area contributed by atoms with Crippen molar-refractivity contribution in [2.75, 3.05) is 6.54 Å². The summed E-state index contributed by atoms with van der Waals surface area (Å²) in [5, 5.41) is 31.4. The first-order valence-corrected chi connectivity index (χ1v) is 10.2. The molecular weight excluding hydrogens is 428 g/mol. The SMILES string of the molecule is CCC(C)C(NC(=O)C(N)CC(=O)O)C(=O)N1CCCC1C(=O)NC(CC(=O)O)C(=O)O. The molecule has 0 spiro atoms. The van der Waals surface area contributed by atoms with Crippen LogP contribution in [0.25, 0.3) is 0 Å². The molecule has 0 radical (unpaired) electrons. The predicted octanol–water partition coefficient (Wildman–Crippen LogP) is -1.65. The van der Waals surface area contributed by atoms with Crippen LogP contribution in [0, 0.1) is 5.92 Å². The third kappa shape index (κ3) is 7.48. The Kier molecular flexibility index (Phi) is 10.0. The Morgan fingerprint density at radius 3 is 2.12 bits per heavy atom. The van der Waals surface area contributed by atoms with E-state index in [-0.39, 0.29) is 18.9 Å². The zero-order valence-electron chi connectivity index (χ0n) is 17.9. The molecule has 1 heterocycles. The fourth-order valence-electron chi connectivity index (χ4n) is 3.35. The number of carbonyl (C=O) groups is 6. The molecule has 0 aromatic heterocycles. The van der Waals surface area contributed by atoms with E-state index in [9.17, 15) is 28.8 Å². The molecule has 5 atom stereocenters. The summed E-state index contributed by atoms with van der Waals surface area (Å²) < 4.78 is 0. The Bertz CT molecular complexity index is 757. The Morgan fingerprint density at radius 1 is 1.03 bits per heavy atom. The number of likely N-dealkylation sites (tertiary alicyclic amines) is 1. The molecule has 0 bridgehead atoms. The van der Waals surface area contributed by atoms with Crippen molar-refractivity contribution in [3.8, 4) is 0 Å². The summed E-state index contributed by atoms with van der Waals surface area (Å²) >= 11 is 0. The predicted molar refractivity (Wildman–Crippen MR) is 108 cm³/mol. The van der Waals surface area contributed by atoms with Crippen molar-refractivity contribution in [3.05, 3.63) is 0 Å². The fourth-order valence-corrected chi connectivity index (χ4v) is 3.35. The van der Waals surface area contributed by atoms with E-state index in [1.807, 2.05) is 0 Å². The quantitative estimate of drug-likeness (QED) is 0.196. The maximum absolute atomic E-state index is 13.2. The summed E-state index contributed by atoms with van der Waals surface area (Å²) in [7, 11) is 0. The second-order valence-corrected chi connectivity index (χ2v) is 7.76. The third-order valence-corrected chi connectivity index (χ3v) is 5.34. The number of aliphatic carboxylic acids is 3. The van der Waals surface area contributed by atoms with E-state index in [0.717, 1.165) is 0 Å². The second-order valence-electron chi connectivity index (χ2n) is 7.76. The first kappa shape index (κ1) is 26.8. The molecule has 1 rings (SSSR count). The molecule has 13 heteroatoms. The van der Waals surface area contributed by atoms with E-state index in [0.29, 0.717) is 12.8 Å². The van der Waals surface area contributed by atoms with Crippen molar-refractivity contribution in [2.24, 2.45) is 11.7 Å². The number of nitrogens with zero attached hydrogens (tertiary/aromatic N) is 1. The van der Waals surface area contributed by atoms with Gasteiger partial charge in [-0.1, -0.05) is 20.3 Å². The van der Waals surface area contributed by atoms with Crippen molar-refractivity contribution in [3.63, 3.8) is 0 Å². The van der Waals surface area contributed by atoms with Crippen LogP contribution in [-0.2, 0) is 28.8 Å². The highest BCUT2D eigenvalue weighted by Crippen LogP contribution is 2.22. The molecule has 3 amide bonds. The lowest BCUT2D eigenvalue weighted by Crippen LogP contribution is -2.58. The molecule has 7 N–H and O–H groups in total. The van der Waals surface area contributed by atoms with Crippen molar-refractivity contribution in [1.82, 2.24) is 15.5 Å². The highest BCUT2D eigenvalue weighted by atomic mass is 16.4. The van der Waals surface area contributed by atoms with E-state index >= 15 is 0 Å². The number of carboxylic acid groups (broad SMARTS) is 3. The summed E-state index contributed by atoms with van der Waals surface area (Å²) in [5.74, 6) is -6.78. The first-order chi connectivity index (χ1) is 14.9. The molecule has 5 unspecified atom stereocenters. The van der Waals surface area contributed by atoms with E-state index in [1.54, 1.807) is 13.8 Å². The van der Waals surface area contributed by atoms with Gasteiger partial charge in [-0.2, -0.15) is 0 Å². The molecule has 180 valence electrons. The van der Waals surface area contributed by atoms with Crippen LogP contribution in [0.4, 0.5) is 0 Å². The van der Waals surface area contributed by atoms with Crippen LogP contribution in [0.1, 0.15) is 46.0 Å². The van der Waals surface area contributed by atoms with Gasteiger partial charge in [0, 0.05) is 6.54 Å². The number of hydrogen-bond acceptors (Lipinski definition) is 7. The van der Waals surface area contributed by atoms with Gasteiger partial charge >= 0.3 is 17.9 Å². The highest BCUT2D eigenvalue weighted by Gasteiger charge is 2.40. The van der Waals surface area contributed by atoms with Gasteiger partial charge in [0.25, 0.3) is 0 Å². The van der Waals surface area contributed by atoms with Gasteiger partial charge in [0.2, 0.25) is 17.7 Å². The maximum atomic E-state index is 13.2. The summed E-state index contributed by atoms with van der Waals surface area (Å²) in [4.78, 5) is 72.2. The van der Waals surface area contributed by atoms with Crippen LogP contribution < -0.4 is 16.4 Å². The molecular formula is C19H30N4O9. The first-order valence-electron chi connectivity index (χ1n) is 10.2. The number of hydrogen-bond donors (Lipinski definition) is 6. The zero-order valence-corrected chi connectivity index (χ0v) is 17.9. The number of rotatable bonds is 12. The van der Waals surface area contributed by atoms with Crippen LogP contribution in [0.3, 0.4) is 0 Å². The Balaban J connectivity index is 2.99. The second kappa shape index (κ2) is 12.0. The third-order valence-electron chi connectivity index (χ3n) is 5.34. The summed E-state index contributed by atoms with van der Waals surface area (Å²) in [5.41, 5.74) is 5.57. The summed E-state index contributed by atoms with van der Waals surface area (Å²) in [6.07, 6.45) is -0.289. The molecule has 1 saturated heterocycles. The molecule has 32 heavy (non-hydrogen) atoms. The van der Waals surface area contributed by atoms with E-state index in [1.165, 1.54) is 4.90 Å². The molecule has 0 saturated carbocycles. The number of carboxylic acids is 3. The number of carbonyl (C=O) groups excluding carboxylic acids is 3. The van der Waals surface area contributed by atoms with Gasteiger partial charge in [0.05, 0.1) is 18.9 Å². The molecule has 13 nitrogen and oxygen atoms in total. The van der Waals surface area contributed by atoms with Crippen LogP contribution >= 0.6 is 0 Å². The number of amides is 3. The molecule has 1 fully saturated rings. The van der Waals surface area contributed by atoms with Crippen LogP contribution in [0.2, 0.25) is 0 Å². The van der Waals surface area contributed by atoms with Crippen LogP contribution in [-0.4, -0.2) is 86.6 Å². The monoisotopic (exact) mass is 458 g/mol. The van der Waals surface area contributed by atoms with Crippen LogP contribution in [0.15, 0.2) is 0 Å². The molecule has 0 aromatic rings. The largest absolute Gasteiger partial charge is 0.481 e. The van der Waals surface area contributed by atoms with Gasteiger partial charge < -0.3 is 36.6 Å². The average molecular weight is 458 g/mol. The van der Waals surface area contributed by atoms with Crippen molar-refractivity contribution in [1.29, 1.82) is 0 Å². The van der Waals surface area contributed by atoms with Gasteiger partial charge in [0.15, 0.2) is 0 Å². The van der Waals surface area contributed by atoms with Crippen molar-refractivity contribution < 1.29 is 44.1 Å². The van der Waals surface area contributed by atoms with E-state index in [2.05, 4.69) is 10.6 Å². The van der Waals surface area contributed by atoms with Gasteiger partial charge in [-0.15, -0.1) is 0 Å².